The summed E-state index contributed by atoms with van der Waals surface area (Å²) in [6.07, 6.45) is 1.74. The number of esters is 1. The summed E-state index contributed by atoms with van der Waals surface area (Å²) >= 11 is 0. The molecule has 1 atom stereocenters. The van der Waals surface area contributed by atoms with E-state index in [0.29, 0.717) is 6.61 Å². The molecule has 0 saturated heterocycles. The number of carbonyl (C=O) groups excluding carboxylic acids is 1. The maximum Gasteiger partial charge on any atom is 0.315 e. The minimum atomic E-state index is -0.182. The molecule has 0 bridgehead atoms. The van der Waals surface area contributed by atoms with Crippen LogP contribution in [0.2, 0.25) is 0 Å². The number of hydrogen-bond acceptors (Lipinski definition) is 3. The van der Waals surface area contributed by atoms with Gasteiger partial charge in [-0.2, -0.15) is 0 Å². The van der Waals surface area contributed by atoms with E-state index in [1.54, 1.807) is 0 Å². The minimum absolute atomic E-state index is 0.136. The average Bonchev–Trinajstić information content (AvgIpc) is 2.83. The summed E-state index contributed by atoms with van der Waals surface area (Å²) in [5.74, 6) is -0.318. The molecule has 1 aromatic heterocycles. The molecule has 2 aromatic rings. The van der Waals surface area contributed by atoms with E-state index in [4.69, 9.17) is 9.72 Å². The number of rotatable bonds is 2. The Morgan fingerprint density at radius 1 is 1.42 bits per heavy atom. The predicted octanol–water partition coefficient (Wildman–Crippen LogP) is 3.14. The summed E-state index contributed by atoms with van der Waals surface area (Å²) in [4.78, 5) is 16.7. The molecule has 0 saturated carbocycles. The third-order valence-electron chi connectivity index (χ3n) is 3.90. The van der Waals surface area contributed by atoms with Gasteiger partial charge in [0.15, 0.2) is 0 Å². The second-order valence-corrected chi connectivity index (χ2v) is 4.96. The molecule has 98 valence electrons. The van der Waals surface area contributed by atoms with E-state index in [0.717, 1.165) is 24.1 Å². The summed E-state index contributed by atoms with van der Waals surface area (Å²) in [7, 11) is 0. The van der Waals surface area contributed by atoms with Crippen molar-refractivity contribution in [2.75, 3.05) is 6.61 Å². The maximum atomic E-state index is 12.0. The predicted molar refractivity (Wildman–Crippen MR) is 74.2 cm³/mol. The van der Waals surface area contributed by atoms with Crippen molar-refractivity contribution in [1.82, 2.24) is 4.98 Å². The van der Waals surface area contributed by atoms with E-state index in [9.17, 15) is 4.79 Å². The standard InChI is InChI=1S/C16H17NO2/c1-3-19-16(18)13-9-8-12-10(2)11-6-4-5-7-14(11)17-15(12)13/h4-7,13H,3,8-9H2,1-2H3. The SMILES string of the molecule is CCOC(=O)C1CCc2c1nc1ccccc1c2C. The van der Waals surface area contributed by atoms with Crippen LogP contribution in [0.1, 0.15) is 36.1 Å². The fraction of sp³-hybridized carbons (Fsp3) is 0.375. The third kappa shape index (κ3) is 1.89. The second kappa shape index (κ2) is 4.65. The molecule has 3 rings (SSSR count). The Bertz CT molecular complexity index is 648. The summed E-state index contributed by atoms with van der Waals surface area (Å²) < 4.78 is 5.16. The van der Waals surface area contributed by atoms with Gasteiger partial charge in [-0.1, -0.05) is 18.2 Å². The molecule has 0 amide bonds. The monoisotopic (exact) mass is 255 g/mol. The number of aryl methyl sites for hydroxylation is 1. The van der Waals surface area contributed by atoms with Crippen molar-refractivity contribution >= 4 is 16.9 Å². The van der Waals surface area contributed by atoms with Crippen LogP contribution >= 0.6 is 0 Å². The number of carbonyl (C=O) groups is 1. The Labute approximate surface area is 112 Å². The average molecular weight is 255 g/mol. The van der Waals surface area contributed by atoms with Gasteiger partial charge in [0.25, 0.3) is 0 Å². The van der Waals surface area contributed by atoms with Crippen molar-refractivity contribution < 1.29 is 9.53 Å². The molecule has 3 nitrogen and oxygen atoms in total. The number of ether oxygens (including phenoxy) is 1. The highest BCUT2D eigenvalue weighted by atomic mass is 16.5. The van der Waals surface area contributed by atoms with Gasteiger partial charge in [-0.05, 0) is 43.9 Å². The van der Waals surface area contributed by atoms with E-state index in [1.165, 1.54) is 16.5 Å². The Balaban J connectivity index is 2.13. The maximum absolute atomic E-state index is 12.0. The first-order valence-corrected chi connectivity index (χ1v) is 6.77. The lowest BCUT2D eigenvalue weighted by Gasteiger charge is -2.12. The number of aromatic nitrogens is 1. The molecular weight excluding hydrogens is 238 g/mol. The molecule has 1 unspecified atom stereocenters. The van der Waals surface area contributed by atoms with Crippen LogP contribution in [0.25, 0.3) is 10.9 Å². The largest absolute Gasteiger partial charge is 0.465 e. The molecule has 0 N–H and O–H groups in total. The van der Waals surface area contributed by atoms with Gasteiger partial charge in [0.2, 0.25) is 0 Å². The van der Waals surface area contributed by atoms with Gasteiger partial charge in [-0.3, -0.25) is 9.78 Å². The van der Waals surface area contributed by atoms with Gasteiger partial charge in [-0.15, -0.1) is 0 Å². The molecule has 1 heterocycles. The highest BCUT2D eigenvalue weighted by molar-refractivity contribution is 5.86. The molecule has 0 fully saturated rings. The summed E-state index contributed by atoms with van der Waals surface area (Å²) in [5.41, 5.74) is 4.38. The van der Waals surface area contributed by atoms with Crippen LogP contribution in [0, 0.1) is 6.92 Å². The Kier molecular flexibility index (Phi) is 2.97. The lowest BCUT2D eigenvalue weighted by molar-refractivity contribution is -0.145. The first-order chi connectivity index (χ1) is 9.22. The molecule has 1 aliphatic rings. The topological polar surface area (TPSA) is 39.2 Å². The fourth-order valence-corrected chi connectivity index (χ4v) is 2.94. The zero-order chi connectivity index (χ0) is 13.4. The van der Waals surface area contributed by atoms with Crippen LogP contribution in [0.3, 0.4) is 0 Å². The first-order valence-electron chi connectivity index (χ1n) is 6.77. The van der Waals surface area contributed by atoms with E-state index >= 15 is 0 Å². The number of nitrogens with zero attached hydrogens (tertiary/aromatic N) is 1. The number of pyridine rings is 1. The third-order valence-corrected chi connectivity index (χ3v) is 3.90. The quantitative estimate of drug-likeness (QED) is 0.774. The van der Waals surface area contributed by atoms with Gasteiger partial charge >= 0.3 is 5.97 Å². The smallest absolute Gasteiger partial charge is 0.315 e. The normalized spacial score (nSPS) is 17.5. The summed E-state index contributed by atoms with van der Waals surface area (Å²) in [5, 5.41) is 1.19. The fourth-order valence-electron chi connectivity index (χ4n) is 2.94. The highest BCUT2D eigenvalue weighted by Gasteiger charge is 2.32. The van der Waals surface area contributed by atoms with Gasteiger partial charge in [0.1, 0.15) is 0 Å². The zero-order valence-corrected chi connectivity index (χ0v) is 11.3. The minimum Gasteiger partial charge on any atom is -0.465 e. The molecule has 0 radical (unpaired) electrons. The van der Waals surface area contributed by atoms with Gasteiger partial charge in [-0.25, -0.2) is 0 Å². The second-order valence-electron chi connectivity index (χ2n) is 4.96. The summed E-state index contributed by atoms with van der Waals surface area (Å²) in [6, 6.07) is 8.11. The van der Waals surface area contributed by atoms with Crippen molar-refractivity contribution in [3.8, 4) is 0 Å². The van der Waals surface area contributed by atoms with E-state index in [2.05, 4.69) is 13.0 Å². The lowest BCUT2D eigenvalue weighted by atomic mass is 10.0. The van der Waals surface area contributed by atoms with Crippen molar-refractivity contribution in [2.24, 2.45) is 0 Å². The molecule has 0 aliphatic heterocycles. The zero-order valence-electron chi connectivity index (χ0n) is 11.3. The van der Waals surface area contributed by atoms with Crippen LogP contribution < -0.4 is 0 Å². The molecule has 1 aromatic carbocycles. The van der Waals surface area contributed by atoms with Gasteiger partial charge in [0, 0.05) is 5.39 Å². The van der Waals surface area contributed by atoms with Crippen LogP contribution in [0.15, 0.2) is 24.3 Å². The van der Waals surface area contributed by atoms with E-state index in [1.807, 2.05) is 25.1 Å². The van der Waals surface area contributed by atoms with Crippen molar-refractivity contribution in [1.29, 1.82) is 0 Å². The lowest BCUT2D eigenvalue weighted by Crippen LogP contribution is -2.14. The first kappa shape index (κ1) is 12.2. The molecule has 3 heteroatoms. The van der Waals surface area contributed by atoms with E-state index in [-0.39, 0.29) is 11.9 Å². The number of benzene rings is 1. The van der Waals surface area contributed by atoms with Gasteiger partial charge in [0.05, 0.1) is 23.7 Å². The van der Waals surface area contributed by atoms with Crippen LogP contribution in [0.4, 0.5) is 0 Å². The Morgan fingerprint density at radius 3 is 3.00 bits per heavy atom. The van der Waals surface area contributed by atoms with Crippen LogP contribution in [-0.2, 0) is 16.0 Å². The molecular formula is C16H17NO2. The molecule has 0 spiro atoms. The van der Waals surface area contributed by atoms with Crippen LogP contribution in [-0.4, -0.2) is 17.6 Å². The Hall–Kier alpha value is -1.90. The van der Waals surface area contributed by atoms with Gasteiger partial charge < -0.3 is 4.74 Å². The molecule has 19 heavy (non-hydrogen) atoms. The van der Waals surface area contributed by atoms with Crippen molar-refractivity contribution in [3.05, 3.63) is 41.1 Å². The van der Waals surface area contributed by atoms with E-state index < -0.39 is 0 Å². The number of para-hydroxylation sites is 1. The Morgan fingerprint density at radius 2 is 2.21 bits per heavy atom. The van der Waals surface area contributed by atoms with Crippen molar-refractivity contribution in [3.63, 3.8) is 0 Å². The summed E-state index contributed by atoms with van der Waals surface area (Å²) in [6.45, 7) is 4.39. The van der Waals surface area contributed by atoms with Crippen LogP contribution in [0.5, 0.6) is 0 Å². The highest BCUT2D eigenvalue weighted by Crippen LogP contribution is 2.37. The number of hydrogen-bond donors (Lipinski definition) is 0. The van der Waals surface area contributed by atoms with Crippen molar-refractivity contribution in [2.45, 2.75) is 32.6 Å². The molecule has 1 aliphatic carbocycles. The number of fused-ring (bicyclic) bond motifs is 2.